The summed E-state index contributed by atoms with van der Waals surface area (Å²) in [6.45, 7) is 0. The van der Waals surface area contributed by atoms with Gasteiger partial charge in [-0.1, -0.05) is 30.0 Å². The number of anilines is 1. The van der Waals surface area contributed by atoms with Crippen LogP contribution in [-0.2, 0) is 11.2 Å². The van der Waals surface area contributed by atoms with Crippen LogP contribution in [0.4, 0.5) is 15.8 Å². The van der Waals surface area contributed by atoms with E-state index in [0.29, 0.717) is 21.2 Å². The van der Waals surface area contributed by atoms with Crippen LogP contribution in [0.15, 0.2) is 76.8 Å². The molecule has 2 aromatic carbocycles. The molecule has 0 fully saturated rings. The van der Waals surface area contributed by atoms with Gasteiger partial charge in [0, 0.05) is 28.9 Å². The second kappa shape index (κ2) is 8.41. The number of nitrogens with zero attached hydrogens (tertiary/aromatic N) is 2. The van der Waals surface area contributed by atoms with Crippen LogP contribution in [0, 0.1) is 15.9 Å². The lowest BCUT2D eigenvalue weighted by Crippen LogP contribution is -2.14. The van der Waals surface area contributed by atoms with Crippen LogP contribution in [0.5, 0.6) is 0 Å². The number of pyridine rings is 1. The number of aromatic nitrogens is 1. The van der Waals surface area contributed by atoms with Gasteiger partial charge in [-0.3, -0.25) is 14.9 Å². The molecule has 0 radical (unpaired) electrons. The van der Waals surface area contributed by atoms with Crippen molar-refractivity contribution in [2.45, 2.75) is 16.3 Å². The minimum Gasteiger partial charge on any atom is -0.326 e. The van der Waals surface area contributed by atoms with Gasteiger partial charge in [-0.2, -0.15) is 0 Å². The van der Waals surface area contributed by atoms with Crippen molar-refractivity contribution in [2.24, 2.45) is 0 Å². The van der Waals surface area contributed by atoms with E-state index in [1.165, 1.54) is 48.2 Å². The number of hydrogen-bond acceptors (Lipinski definition) is 5. The molecule has 6 nitrogen and oxygen atoms in total. The Labute approximate surface area is 158 Å². The lowest BCUT2D eigenvalue weighted by molar-refractivity contribution is -0.385. The third kappa shape index (κ3) is 5.35. The van der Waals surface area contributed by atoms with Crippen molar-refractivity contribution >= 4 is 29.0 Å². The number of rotatable bonds is 6. The van der Waals surface area contributed by atoms with Crippen LogP contribution in [-0.4, -0.2) is 15.8 Å². The number of carbonyl (C=O) groups excluding carboxylic acids is 1. The molecule has 1 heterocycles. The average molecular weight is 383 g/mol. The van der Waals surface area contributed by atoms with Crippen LogP contribution >= 0.6 is 11.8 Å². The number of carbonyl (C=O) groups is 1. The molecule has 0 aliphatic carbocycles. The predicted molar refractivity (Wildman–Crippen MR) is 100 cm³/mol. The van der Waals surface area contributed by atoms with Gasteiger partial charge in [-0.05, 0) is 35.9 Å². The lowest BCUT2D eigenvalue weighted by atomic mass is 10.1. The summed E-state index contributed by atoms with van der Waals surface area (Å²) in [4.78, 5) is 27.7. The fourth-order valence-electron chi connectivity index (χ4n) is 2.34. The van der Waals surface area contributed by atoms with E-state index in [1.807, 2.05) is 6.07 Å². The van der Waals surface area contributed by atoms with E-state index in [9.17, 15) is 19.3 Å². The highest BCUT2D eigenvalue weighted by Gasteiger charge is 2.13. The minimum absolute atomic E-state index is 0.0334. The Morgan fingerprint density at radius 1 is 1.15 bits per heavy atom. The SMILES string of the molecule is O=C(Cc1ccc(F)cc1)Nc1cc(Sc2ccccn2)cc([N+](=O)[O-])c1. The first-order chi connectivity index (χ1) is 13.0. The molecule has 0 aliphatic heterocycles. The largest absolute Gasteiger partial charge is 0.326 e. The van der Waals surface area contributed by atoms with Crippen molar-refractivity contribution in [3.05, 3.63) is 88.4 Å². The summed E-state index contributed by atoms with van der Waals surface area (Å²) >= 11 is 1.26. The third-order valence-electron chi connectivity index (χ3n) is 3.52. The third-order valence-corrected chi connectivity index (χ3v) is 4.45. The average Bonchev–Trinajstić information content (AvgIpc) is 2.64. The zero-order valence-corrected chi connectivity index (χ0v) is 14.8. The summed E-state index contributed by atoms with van der Waals surface area (Å²) in [5, 5.41) is 14.5. The molecule has 0 saturated heterocycles. The summed E-state index contributed by atoms with van der Waals surface area (Å²) in [6.07, 6.45) is 1.66. The van der Waals surface area contributed by atoms with Gasteiger partial charge in [0.15, 0.2) is 0 Å². The smallest absolute Gasteiger partial charge is 0.272 e. The van der Waals surface area contributed by atoms with Crippen molar-refractivity contribution < 1.29 is 14.1 Å². The summed E-state index contributed by atoms with van der Waals surface area (Å²) in [5.74, 6) is -0.732. The highest BCUT2D eigenvalue weighted by molar-refractivity contribution is 7.99. The number of nitro benzene ring substituents is 1. The molecule has 1 aromatic heterocycles. The van der Waals surface area contributed by atoms with E-state index in [1.54, 1.807) is 24.4 Å². The van der Waals surface area contributed by atoms with Crippen molar-refractivity contribution in [1.29, 1.82) is 0 Å². The van der Waals surface area contributed by atoms with Crippen LogP contribution in [0.2, 0.25) is 0 Å². The molecular formula is C19H14FN3O3S. The summed E-state index contributed by atoms with van der Waals surface area (Å²) in [5.41, 5.74) is 0.824. The molecule has 0 atom stereocenters. The minimum atomic E-state index is -0.516. The zero-order chi connectivity index (χ0) is 19.2. The number of benzene rings is 2. The monoisotopic (exact) mass is 383 g/mol. The number of amides is 1. The van der Waals surface area contributed by atoms with Crippen molar-refractivity contribution in [3.63, 3.8) is 0 Å². The molecule has 0 saturated carbocycles. The molecule has 8 heteroatoms. The molecule has 0 bridgehead atoms. The number of hydrogen-bond donors (Lipinski definition) is 1. The molecule has 136 valence electrons. The summed E-state index contributed by atoms with van der Waals surface area (Å²) < 4.78 is 12.9. The second-order valence-corrected chi connectivity index (χ2v) is 6.69. The topological polar surface area (TPSA) is 85.1 Å². The van der Waals surface area contributed by atoms with Gasteiger partial charge < -0.3 is 5.32 Å². The Morgan fingerprint density at radius 2 is 1.93 bits per heavy atom. The van der Waals surface area contributed by atoms with Crippen LogP contribution in [0.25, 0.3) is 0 Å². The fourth-order valence-corrected chi connectivity index (χ4v) is 3.21. The first-order valence-corrected chi connectivity index (χ1v) is 8.74. The highest BCUT2D eigenvalue weighted by atomic mass is 32.2. The van der Waals surface area contributed by atoms with Crippen molar-refractivity contribution in [2.75, 3.05) is 5.32 Å². The van der Waals surface area contributed by atoms with Gasteiger partial charge in [-0.15, -0.1) is 0 Å². The van der Waals surface area contributed by atoms with E-state index in [0.717, 1.165) is 0 Å². The Hall–Kier alpha value is -3.26. The van der Waals surface area contributed by atoms with Gasteiger partial charge in [0.25, 0.3) is 5.69 Å². The van der Waals surface area contributed by atoms with E-state index in [4.69, 9.17) is 0 Å². The van der Waals surface area contributed by atoms with Gasteiger partial charge in [-0.25, -0.2) is 9.37 Å². The molecule has 1 amide bonds. The summed E-state index contributed by atoms with van der Waals surface area (Å²) in [7, 11) is 0. The predicted octanol–water partition coefficient (Wildman–Crippen LogP) is 4.46. The van der Waals surface area contributed by atoms with Gasteiger partial charge in [0.1, 0.15) is 10.8 Å². The maximum absolute atomic E-state index is 12.9. The first-order valence-electron chi connectivity index (χ1n) is 7.92. The van der Waals surface area contributed by atoms with Gasteiger partial charge in [0.2, 0.25) is 5.91 Å². The molecule has 0 spiro atoms. The maximum Gasteiger partial charge on any atom is 0.272 e. The quantitative estimate of drug-likeness (QED) is 0.502. The Kier molecular flexibility index (Phi) is 5.77. The van der Waals surface area contributed by atoms with E-state index < -0.39 is 4.92 Å². The fraction of sp³-hybridized carbons (Fsp3) is 0.0526. The molecule has 27 heavy (non-hydrogen) atoms. The van der Waals surface area contributed by atoms with Crippen molar-refractivity contribution in [3.8, 4) is 0 Å². The Bertz CT molecular complexity index is 966. The normalized spacial score (nSPS) is 10.4. The lowest BCUT2D eigenvalue weighted by Gasteiger charge is -2.08. The van der Waals surface area contributed by atoms with Crippen LogP contribution in [0.3, 0.4) is 0 Å². The van der Waals surface area contributed by atoms with Crippen LogP contribution < -0.4 is 5.32 Å². The van der Waals surface area contributed by atoms with E-state index in [-0.39, 0.29) is 23.8 Å². The van der Waals surface area contributed by atoms with Crippen molar-refractivity contribution in [1.82, 2.24) is 4.98 Å². The van der Waals surface area contributed by atoms with Gasteiger partial charge in [0.05, 0.1) is 11.3 Å². The highest BCUT2D eigenvalue weighted by Crippen LogP contribution is 2.32. The maximum atomic E-state index is 12.9. The molecule has 0 unspecified atom stereocenters. The number of nitrogens with one attached hydrogen (secondary N) is 1. The van der Waals surface area contributed by atoms with Crippen LogP contribution in [0.1, 0.15) is 5.56 Å². The second-order valence-electron chi connectivity index (χ2n) is 5.59. The molecule has 0 aliphatic rings. The number of non-ortho nitro benzene ring substituents is 1. The molecule has 1 N–H and O–H groups in total. The number of halogens is 1. The summed E-state index contributed by atoms with van der Waals surface area (Å²) in [6, 6.07) is 15.3. The first kappa shape index (κ1) is 18.5. The van der Waals surface area contributed by atoms with Gasteiger partial charge >= 0.3 is 0 Å². The van der Waals surface area contributed by atoms with E-state index >= 15 is 0 Å². The Morgan fingerprint density at radius 3 is 2.59 bits per heavy atom. The zero-order valence-electron chi connectivity index (χ0n) is 14.0. The molecular weight excluding hydrogens is 369 g/mol. The van der Waals surface area contributed by atoms with E-state index in [2.05, 4.69) is 10.3 Å². The molecule has 3 aromatic rings. The molecule has 3 rings (SSSR count). The number of nitro groups is 1. The Balaban J connectivity index is 1.78. The standard InChI is InChI=1S/C19H14FN3O3S/c20-14-6-4-13(5-7-14)9-18(24)22-15-10-16(23(25)26)12-17(11-15)27-19-3-1-2-8-21-19/h1-8,10-12H,9H2,(H,22,24).